The fourth-order valence-electron chi connectivity index (χ4n) is 2.01. The molecule has 0 aliphatic rings. The van der Waals surface area contributed by atoms with Crippen LogP contribution in [0.2, 0.25) is 0 Å². The first-order valence-electron chi connectivity index (χ1n) is 5.09. The molecule has 0 spiro atoms. The van der Waals surface area contributed by atoms with Gasteiger partial charge in [0, 0.05) is 9.35 Å². The number of H-pyrrole nitrogens is 2. The third-order valence-corrected chi connectivity index (χ3v) is 2.76. The topological polar surface area (TPSA) is 162 Å². The van der Waals surface area contributed by atoms with E-state index < -0.39 is 21.4 Å². The number of hydrogen-bond donors (Lipinski definition) is 2. The van der Waals surface area contributed by atoms with Gasteiger partial charge in [0.15, 0.2) is 10.1 Å². The highest BCUT2D eigenvalue weighted by molar-refractivity contribution is 5.91. The molecule has 12 heteroatoms. The van der Waals surface area contributed by atoms with Crippen LogP contribution in [0.1, 0.15) is 0 Å². The van der Waals surface area contributed by atoms with Gasteiger partial charge in [-0.25, -0.2) is 29.8 Å². The number of benzene rings is 1. The van der Waals surface area contributed by atoms with E-state index in [-0.39, 0.29) is 31.4 Å². The molecular weight excluding hydrogens is 276 g/mol. The van der Waals surface area contributed by atoms with Crippen molar-refractivity contribution in [2.75, 3.05) is 0 Å². The van der Waals surface area contributed by atoms with Gasteiger partial charge < -0.3 is 9.97 Å². The van der Waals surface area contributed by atoms with Gasteiger partial charge in [-0.05, 0) is 12.1 Å². The minimum atomic E-state index is -1.41. The molecule has 0 radical (unpaired) electrons. The summed E-state index contributed by atoms with van der Waals surface area (Å²) in [5, 5.41) is 19.6. The Morgan fingerprint density at radius 3 is 1.65 bits per heavy atom. The van der Waals surface area contributed by atoms with Crippen LogP contribution >= 0.6 is 0 Å². The van der Waals surface area contributed by atoms with Gasteiger partial charge in [0.1, 0.15) is 11.0 Å². The maximum atomic E-state index is 11.7. The fraction of sp³-hybridized carbons (Fsp3) is 0. The summed E-state index contributed by atoms with van der Waals surface area (Å²) >= 11 is 0. The van der Waals surface area contributed by atoms with E-state index in [9.17, 15) is 29.8 Å². The SMILES string of the molecule is O=c1[nH]c2cc3c(cc2[nH]1)n([N+](=O)[O-])c(=O)n3[N+](=O)[O-]. The van der Waals surface area contributed by atoms with Gasteiger partial charge in [-0.2, -0.15) is 0 Å². The van der Waals surface area contributed by atoms with E-state index in [1.165, 1.54) is 0 Å². The summed E-state index contributed by atoms with van der Waals surface area (Å²) in [6.07, 6.45) is 0. The van der Waals surface area contributed by atoms with Crippen molar-refractivity contribution in [3.8, 4) is 0 Å². The van der Waals surface area contributed by atoms with Crippen molar-refractivity contribution in [1.82, 2.24) is 19.3 Å². The summed E-state index contributed by atoms with van der Waals surface area (Å²) in [4.78, 5) is 49.3. The van der Waals surface area contributed by atoms with Gasteiger partial charge in [-0.3, -0.25) is 0 Å². The zero-order chi connectivity index (χ0) is 14.6. The van der Waals surface area contributed by atoms with Gasteiger partial charge in [0.25, 0.3) is 0 Å². The number of fused-ring (bicyclic) bond motifs is 2. The van der Waals surface area contributed by atoms with Crippen molar-refractivity contribution >= 4 is 22.1 Å². The summed E-state index contributed by atoms with van der Waals surface area (Å²) in [6.45, 7) is 0. The second-order valence-corrected chi connectivity index (χ2v) is 3.85. The van der Waals surface area contributed by atoms with Crippen molar-refractivity contribution in [3.05, 3.63) is 53.3 Å². The van der Waals surface area contributed by atoms with Crippen LogP contribution in [0.25, 0.3) is 22.1 Å². The van der Waals surface area contributed by atoms with Crippen LogP contribution in [-0.4, -0.2) is 29.4 Å². The molecule has 2 aromatic heterocycles. The molecule has 102 valence electrons. The molecule has 0 amide bonds. The summed E-state index contributed by atoms with van der Waals surface area (Å²) in [5.41, 5.74) is -2.18. The zero-order valence-corrected chi connectivity index (χ0v) is 9.39. The zero-order valence-electron chi connectivity index (χ0n) is 9.39. The van der Waals surface area contributed by atoms with Gasteiger partial charge >= 0.3 is 11.4 Å². The fourth-order valence-corrected chi connectivity index (χ4v) is 2.01. The molecule has 0 atom stereocenters. The van der Waals surface area contributed by atoms with Crippen LogP contribution in [0.5, 0.6) is 0 Å². The Morgan fingerprint density at radius 1 is 0.900 bits per heavy atom. The Labute approximate surface area is 106 Å². The summed E-state index contributed by atoms with van der Waals surface area (Å²) in [5.74, 6) is 0. The monoisotopic (exact) mass is 280 g/mol. The molecule has 20 heavy (non-hydrogen) atoms. The molecule has 1 aromatic carbocycles. The van der Waals surface area contributed by atoms with Gasteiger partial charge in [0.05, 0.1) is 11.0 Å². The summed E-state index contributed by atoms with van der Waals surface area (Å²) in [6, 6.07) is 2.24. The number of nitrogens with one attached hydrogen (secondary N) is 2. The normalized spacial score (nSPS) is 11.2. The third-order valence-electron chi connectivity index (χ3n) is 2.76. The highest BCUT2D eigenvalue weighted by Gasteiger charge is 2.27. The smallest absolute Gasteiger partial charge is 0.306 e. The first-order valence-corrected chi connectivity index (χ1v) is 5.09. The van der Waals surface area contributed by atoms with Crippen LogP contribution in [0, 0.1) is 20.2 Å². The number of imidazole rings is 2. The number of aromatic nitrogens is 4. The van der Waals surface area contributed by atoms with Crippen LogP contribution in [-0.2, 0) is 0 Å². The van der Waals surface area contributed by atoms with Gasteiger partial charge in [0.2, 0.25) is 0 Å². The molecule has 3 aromatic rings. The van der Waals surface area contributed by atoms with Crippen molar-refractivity contribution < 1.29 is 10.1 Å². The summed E-state index contributed by atoms with van der Waals surface area (Å²) < 4.78 is 0.0891. The minimum Gasteiger partial charge on any atom is -0.306 e. The Kier molecular flexibility index (Phi) is 2.06. The summed E-state index contributed by atoms with van der Waals surface area (Å²) in [7, 11) is 0. The molecule has 12 nitrogen and oxygen atoms in total. The van der Waals surface area contributed by atoms with Crippen molar-refractivity contribution in [3.63, 3.8) is 0 Å². The van der Waals surface area contributed by atoms with E-state index in [2.05, 4.69) is 9.97 Å². The number of rotatable bonds is 2. The molecule has 0 unspecified atom stereocenters. The second kappa shape index (κ2) is 3.53. The second-order valence-electron chi connectivity index (χ2n) is 3.85. The lowest BCUT2D eigenvalue weighted by Gasteiger charge is -1.92. The highest BCUT2D eigenvalue weighted by atomic mass is 16.7. The number of hydrogen-bond acceptors (Lipinski definition) is 6. The van der Waals surface area contributed by atoms with Crippen molar-refractivity contribution in [2.45, 2.75) is 0 Å². The van der Waals surface area contributed by atoms with E-state index in [1.54, 1.807) is 0 Å². The lowest BCUT2D eigenvalue weighted by Crippen LogP contribution is -2.31. The van der Waals surface area contributed by atoms with Crippen LogP contribution in [0.15, 0.2) is 21.7 Å². The average Bonchev–Trinajstić information content (AvgIpc) is 2.80. The molecule has 0 aliphatic carbocycles. The Bertz CT molecular complexity index is 927. The number of nitro groups is 2. The van der Waals surface area contributed by atoms with Crippen LogP contribution < -0.4 is 11.4 Å². The maximum absolute atomic E-state index is 11.7. The third kappa shape index (κ3) is 1.35. The minimum absolute atomic E-state index is 0.0445. The molecule has 0 saturated heterocycles. The molecule has 0 aliphatic heterocycles. The predicted molar refractivity (Wildman–Crippen MR) is 63.5 cm³/mol. The lowest BCUT2D eigenvalue weighted by molar-refractivity contribution is -0.561. The Hall–Kier alpha value is -3.44. The predicted octanol–water partition coefficient (Wildman–Crippen LogP) is -0.948. The standard InChI is InChI=1S/C8H4N6O6/c15-7-9-3-1-5-6(2-4(3)10-7)12(14(19)20)8(16)11(5)13(17)18/h1-2H,(H2,9,10,15). The molecule has 0 bridgehead atoms. The quantitative estimate of drug-likeness (QED) is 0.454. The molecule has 0 fully saturated rings. The molecule has 2 heterocycles. The van der Waals surface area contributed by atoms with Crippen LogP contribution in [0.3, 0.4) is 0 Å². The largest absolute Gasteiger partial charge is 0.446 e. The molecule has 2 N–H and O–H groups in total. The van der Waals surface area contributed by atoms with Gasteiger partial charge in [-0.15, -0.1) is 0 Å². The van der Waals surface area contributed by atoms with E-state index in [0.717, 1.165) is 12.1 Å². The molecular formula is C8H4N6O6. The average molecular weight is 280 g/mol. The molecule has 3 rings (SSSR count). The van der Waals surface area contributed by atoms with E-state index in [1.807, 2.05) is 0 Å². The maximum Gasteiger partial charge on any atom is 0.446 e. The van der Waals surface area contributed by atoms with Gasteiger partial charge in [-0.1, -0.05) is 0 Å². The highest BCUT2D eigenvalue weighted by Crippen LogP contribution is 2.18. The van der Waals surface area contributed by atoms with E-state index in [4.69, 9.17) is 0 Å². The Morgan fingerprint density at radius 2 is 1.30 bits per heavy atom. The lowest BCUT2D eigenvalue weighted by atomic mass is 10.3. The first kappa shape index (κ1) is 11.6. The van der Waals surface area contributed by atoms with Crippen molar-refractivity contribution in [1.29, 1.82) is 0 Å². The van der Waals surface area contributed by atoms with E-state index >= 15 is 0 Å². The van der Waals surface area contributed by atoms with Crippen LogP contribution in [0.4, 0.5) is 0 Å². The van der Waals surface area contributed by atoms with E-state index in [0.29, 0.717) is 0 Å². The number of aromatic amines is 2. The number of nitrogens with zero attached hydrogens (tertiary/aromatic N) is 4. The van der Waals surface area contributed by atoms with Crippen molar-refractivity contribution in [2.24, 2.45) is 0 Å². The first-order chi connectivity index (χ1) is 9.40. The molecule has 0 saturated carbocycles. The Balaban J connectivity index is 2.62.